The predicted octanol–water partition coefficient (Wildman–Crippen LogP) is 3.57. The molecular weight excluding hydrogens is 342 g/mol. The van der Waals surface area contributed by atoms with E-state index >= 15 is 0 Å². The molecule has 0 bridgehead atoms. The van der Waals surface area contributed by atoms with Crippen molar-refractivity contribution in [2.75, 3.05) is 11.9 Å². The van der Waals surface area contributed by atoms with Crippen LogP contribution in [0.3, 0.4) is 0 Å². The molecule has 1 aromatic carbocycles. The highest BCUT2D eigenvalue weighted by molar-refractivity contribution is 6.01. The molecule has 1 aromatic heterocycles. The van der Waals surface area contributed by atoms with Gasteiger partial charge < -0.3 is 10.0 Å². The topological polar surface area (TPSA) is 75.4 Å². The van der Waals surface area contributed by atoms with E-state index in [1.165, 1.54) is 6.20 Å². The number of anilines is 1. The third kappa shape index (κ3) is 2.67. The fourth-order valence-corrected chi connectivity index (χ4v) is 4.25. The van der Waals surface area contributed by atoms with Crippen molar-refractivity contribution in [3.05, 3.63) is 58.4 Å². The number of aromatic nitrogens is 2. The van der Waals surface area contributed by atoms with Crippen LogP contribution in [0, 0.1) is 12.3 Å². The maximum atomic E-state index is 13.1. The number of aromatic carboxylic acids is 1. The first-order chi connectivity index (χ1) is 12.7. The van der Waals surface area contributed by atoms with Crippen molar-refractivity contribution in [3.63, 3.8) is 0 Å². The third-order valence-electron chi connectivity index (χ3n) is 5.53. The molecule has 1 N–H and O–H groups in total. The Morgan fingerprint density at radius 1 is 1.22 bits per heavy atom. The van der Waals surface area contributed by atoms with Crippen molar-refractivity contribution in [2.45, 2.75) is 39.7 Å². The normalized spacial score (nSPS) is 21.1. The number of Topliss-reactive ketones (excluding diaryl/α,β-unsaturated/α-hetero) is 1. The van der Waals surface area contributed by atoms with Crippen LogP contribution in [0.5, 0.6) is 0 Å². The van der Waals surface area contributed by atoms with Gasteiger partial charge in [0.2, 0.25) is 0 Å². The molecule has 2 aliphatic rings. The lowest BCUT2D eigenvalue weighted by Gasteiger charge is -2.43. The minimum atomic E-state index is -1.02. The SMILES string of the molecule is Cc1ccc(C2C3=C(CC(C)(C)CC3=O)N(C)c3c(C(=O)O)cnn32)cc1. The number of ketones is 1. The third-order valence-corrected chi connectivity index (χ3v) is 5.53. The average molecular weight is 365 g/mol. The zero-order chi connectivity index (χ0) is 19.5. The highest BCUT2D eigenvalue weighted by atomic mass is 16.4. The van der Waals surface area contributed by atoms with Gasteiger partial charge in [0.1, 0.15) is 17.4 Å². The smallest absolute Gasteiger partial charge is 0.341 e. The fourth-order valence-electron chi connectivity index (χ4n) is 4.25. The van der Waals surface area contributed by atoms with E-state index in [1.807, 2.05) is 43.1 Å². The summed E-state index contributed by atoms with van der Waals surface area (Å²) in [5.74, 6) is -0.384. The number of rotatable bonds is 2. The molecule has 140 valence electrons. The van der Waals surface area contributed by atoms with Gasteiger partial charge in [-0.3, -0.25) is 4.79 Å². The van der Waals surface area contributed by atoms with Crippen molar-refractivity contribution < 1.29 is 14.7 Å². The van der Waals surface area contributed by atoms with Crippen LogP contribution in [0.4, 0.5) is 5.82 Å². The molecule has 1 atom stereocenters. The standard InChI is InChI=1S/C21H23N3O3/c1-12-5-7-13(8-6-12)18-17-15(9-21(2,3)10-16(17)25)23(4)19-14(20(26)27)11-22-24(18)19/h5-8,11,18H,9-10H2,1-4H3,(H,26,27). The van der Waals surface area contributed by atoms with Crippen LogP contribution in [0.15, 0.2) is 41.7 Å². The average Bonchev–Trinajstić information content (AvgIpc) is 3.02. The summed E-state index contributed by atoms with van der Waals surface area (Å²) >= 11 is 0. The van der Waals surface area contributed by atoms with E-state index < -0.39 is 12.0 Å². The van der Waals surface area contributed by atoms with Crippen LogP contribution in [-0.4, -0.2) is 33.7 Å². The van der Waals surface area contributed by atoms with Gasteiger partial charge >= 0.3 is 5.97 Å². The Balaban J connectivity index is 1.99. The number of carbonyl (C=O) groups excluding carboxylic acids is 1. The van der Waals surface area contributed by atoms with Gasteiger partial charge in [0.05, 0.1) is 6.20 Å². The van der Waals surface area contributed by atoms with Gasteiger partial charge in [-0.05, 0) is 24.3 Å². The van der Waals surface area contributed by atoms with Gasteiger partial charge in [-0.15, -0.1) is 0 Å². The van der Waals surface area contributed by atoms with Crippen LogP contribution in [0.2, 0.25) is 0 Å². The molecule has 0 saturated carbocycles. The molecule has 2 aromatic rings. The quantitative estimate of drug-likeness (QED) is 0.880. The first kappa shape index (κ1) is 17.5. The van der Waals surface area contributed by atoms with Crippen LogP contribution in [0.25, 0.3) is 0 Å². The molecule has 27 heavy (non-hydrogen) atoms. The number of nitrogens with zero attached hydrogens (tertiary/aromatic N) is 3. The zero-order valence-electron chi connectivity index (χ0n) is 16.0. The number of aryl methyl sites for hydroxylation is 1. The summed E-state index contributed by atoms with van der Waals surface area (Å²) in [6, 6.07) is 7.60. The first-order valence-corrected chi connectivity index (χ1v) is 9.07. The number of benzene rings is 1. The molecule has 2 heterocycles. The number of hydrogen-bond acceptors (Lipinski definition) is 4. The second-order valence-electron chi connectivity index (χ2n) is 8.31. The maximum absolute atomic E-state index is 13.1. The van der Waals surface area contributed by atoms with Crippen molar-refractivity contribution >= 4 is 17.6 Å². The zero-order valence-corrected chi connectivity index (χ0v) is 16.0. The summed E-state index contributed by atoms with van der Waals surface area (Å²) < 4.78 is 1.68. The number of fused-ring (bicyclic) bond motifs is 1. The number of carboxylic acid groups (broad SMARTS) is 1. The van der Waals surface area contributed by atoms with E-state index in [0.717, 1.165) is 28.8 Å². The Morgan fingerprint density at radius 2 is 1.89 bits per heavy atom. The minimum absolute atomic E-state index is 0.108. The van der Waals surface area contributed by atoms with Gasteiger partial charge in [0.25, 0.3) is 0 Å². The highest BCUT2D eigenvalue weighted by Gasteiger charge is 2.44. The summed E-state index contributed by atoms with van der Waals surface area (Å²) in [6.07, 6.45) is 2.57. The Morgan fingerprint density at radius 3 is 2.52 bits per heavy atom. The minimum Gasteiger partial charge on any atom is -0.477 e. The molecule has 1 aliphatic carbocycles. The molecule has 1 unspecified atom stereocenters. The second-order valence-corrected chi connectivity index (χ2v) is 8.31. The van der Waals surface area contributed by atoms with Crippen LogP contribution < -0.4 is 4.90 Å². The summed E-state index contributed by atoms with van der Waals surface area (Å²) in [6.45, 7) is 6.17. The van der Waals surface area contributed by atoms with Crippen molar-refractivity contribution in [1.29, 1.82) is 0 Å². The summed E-state index contributed by atoms with van der Waals surface area (Å²) in [5.41, 5.74) is 3.69. The first-order valence-electron chi connectivity index (χ1n) is 9.07. The summed E-state index contributed by atoms with van der Waals surface area (Å²) in [7, 11) is 1.83. The lowest BCUT2D eigenvalue weighted by atomic mass is 9.72. The molecular formula is C21H23N3O3. The van der Waals surface area contributed by atoms with Crippen molar-refractivity contribution in [3.8, 4) is 0 Å². The van der Waals surface area contributed by atoms with Crippen LogP contribution >= 0.6 is 0 Å². The van der Waals surface area contributed by atoms with E-state index in [1.54, 1.807) is 4.68 Å². The van der Waals surface area contributed by atoms with E-state index in [4.69, 9.17) is 0 Å². The number of carboxylic acids is 1. The molecule has 6 heteroatoms. The maximum Gasteiger partial charge on any atom is 0.341 e. The van der Waals surface area contributed by atoms with Gasteiger partial charge in [0.15, 0.2) is 5.78 Å². The fraction of sp³-hybridized carbons (Fsp3) is 0.381. The summed E-state index contributed by atoms with van der Waals surface area (Å²) in [4.78, 5) is 26.7. The molecule has 0 saturated heterocycles. The highest BCUT2D eigenvalue weighted by Crippen LogP contribution is 2.48. The van der Waals surface area contributed by atoms with Crippen molar-refractivity contribution in [1.82, 2.24) is 9.78 Å². The number of hydrogen-bond donors (Lipinski definition) is 1. The second kappa shape index (κ2) is 5.81. The molecule has 0 amide bonds. The molecule has 0 radical (unpaired) electrons. The Labute approximate surface area is 158 Å². The number of carbonyl (C=O) groups is 2. The molecule has 4 rings (SSSR count). The Kier molecular flexibility index (Phi) is 3.77. The Bertz CT molecular complexity index is 983. The van der Waals surface area contributed by atoms with E-state index in [0.29, 0.717) is 12.2 Å². The van der Waals surface area contributed by atoms with E-state index in [-0.39, 0.29) is 16.8 Å². The lowest BCUT2D eigenvalue weighted by molar-refractivity contribution is -0.118. The molecule has 1 aliphatic heterocycles. The van der Waals surface area contributed by atoms with Crippen molar-refractivity contribution in [2.24, 2.45) is 5.41 Å². The lowest BCUT2D eigenvalue weighted by Crippen LogP contribution is -2.41. The van der Waals surface area contributed by atoms with Crippen LogP contribution in [0.1, 0.15) is 54.2 Å². The Hall–Kier alpha value is -2.89. The number of allylic oxidation sites excluding steroid dienone is 2. The van der Waals surface area contributed by atoms with Gasteiger partial charge in [0, 0.05) is 24.7 Å². The van der Waals surface area contributed by atoms with Gasteiger partial charge in [-0.25, -0.2) is 9.48 Å². The predicted molar refractivity (Wildman–Crippen MR) is 102 cm³/mol. The molecule has 6 nitrogen and oxygen atoms in total. The van der Waals surface area contributed by atoms with E-state index in [9.17, 15) is 14.7 Å². The summed E-state index contributed by atoms with van der Waals surface area (Å²) in [5, 5.41) is 14.0. The molecule has 0 fully saturated rings. The largest absolute Gasteiger partial charge is 0.477 e. The van der Waals surface area contributed by atoms with E-state index in [2.05, 4.69) is 18.9 Å². The monoisotopic (exact) mass is 365 g/mol. The van der Waals surface area contributed by atoms with Gasteiger partial charge in [-0.1, -0.05) is 43.7 Å². The van der Waals surface area contributed by atoms with Crippen LogP contribution in [-0.2, 0) is 4.79 Å². The van der Waals surface area contributed by atoms with Gasteiger partial charge in [-0.2, -0.15) is 5.10 Å². The molecule has 0 spiro atoms.